The molecule has 0 saturated carbocycles. The highest BCUT2D eigenvalue weighted by Crippen LogP contribution is 2.28. The van der Waals surface area contributed by atoms with E-state index in [1.165, 1.54) is 19.4 Å². The number of carbonyl (C=O) groups is 7. The molecule has 17 nitrogen and oxygen atoms in total. The number of anilines is 1. The molecule has 0 unspecified atom stereocenters. The van der Waals surface area contributed by atoms with E-state index in [1.807, 2.05) is 13.0 Å². The van der Waals surface area contributed by atoms with Crippen LogP contribution in [0.1, 0.15) is 64.4 Å². The van der Waals surface area contributed by atoms with E-state index in [2.05, 4.69) is 26.4 Å². The highest BCUT2D eigenvalue weighted by molar-refractivity contribution is 5.98. The monoisotopic (exact) mass is 761 g/mol. The van der Waals surface area contributed by atoms with Gasteiger partial charge in [-0.1, -0.05) is 37.3 Å². The molecule has 6 rings (SSSR count). The number of aryl methyl sites for hydroxylation is 1. The zero-order valence-corrected chi connectivity index (χ0v) is 31.6. The third kappa shape index (κ3) is 9.25. The van der Waals surface area contributed by atoms with Crippen molar-refractivity contribution in [1.29, 1.82) is 0 Å². The van der Waals surface area contributed by atoms with Crippen LogP contribution in [0, 0.1) is 5.92 Å². The maximum absolute atomic E-state index is 14.6. The standard InChI is InChI=1S/C38H51N9O8/c1-23-19-30-37(53)55-22-27(40-32(48)26(20-25-11-5-4-6-12-25)41-38(54)42-31-15-18-44(3)43-31)35(51)46-17-10-8-14-29(46)36(52)45-16-9-7-13-28(45)33(49)39-24(2)34(50)47(30)21-23/h4-6,11-12,15,18,23-24,26-30H,7-10,13-14,16-17,19-22H2,1-3H3,(H,39,49)(H,40,48)(H2,41,42,43,54)/t23-,24+,26+,27+,28+,29+,30+/m1/s1. The van der Waals surface area contributed by atoms with Crippen molar-refractivity contribution >= 4 is 47.4 Å². The Balaban J connectivity index is 1.31. The molecular weight excluding hydrogens is 710 g/mol. The first-order valence-corrected chi connectivity index (χ1v) is 19.2. The van der Waals surface area contributed by atoms with Crippen molar-refractivity contribution in [2.75, 3.05) is 31.6 Å². The molecule has 17 heteroatoms. The lowest BCUT2D eigenvalue weighted by molar-refractivity contribution is -0.160. The average Bonchev–Trinajstić information content (AvgIpc) is 3.79. The third-order valence-corrected chi connectivity index (χ3v) is 10.8. The van der Waals surface area contributed by atoms with Crippen LogP contribution in [0.15, 0.2) is 42.6 Å². The van der Waals surface area contributed by atoms with Gasteiger partial charge in [-0.25, -0.2) is 9.59 Å². The number of benzene rings is 1. The van der Waals surface area contributed by atoms with Crippen LogP contribution < -0.4 is 21.3 Å². The van der Waals surface area contributed by atoms with Gasteiger partial charge in [-0.15, -0.1) is 0 Å². The van der Waals surface area contributed by atoms with Crippen LogP contribution >= 0.6 is 0 Å². The van der Waals surface area contributed by atoms with Crippen LogP contribution in [0.25, 0.3) is 0 Å². The van der Waals surface area contributed by atoms with E-state index in [9.17, 15) is 33.6 Å². The number of fused-ring (bicyclic) bond motifs is 3. The van der Waals surface area contributed by atoms with Gasteiger partial charge in [0.05, 0.1) is 0 Å². The second-order valence-corrected chi connectivity index (χ2v) is 15.1. The van der Waals surface area contributed by atoms with Crippen LogP contribution in [0.3, 0.4) is 0 Å². The fourth-order valence-corrected chi connectivity index (χ4v) is 8.00. The number of esters is 1. The lowest BCUT2D eigenvalue weighted by atomic mass is 9.95. The van der Waals surface area contributed by atoms with Crippen molar-refractivity contribution < 1.29 is 38.3 Å². The lowest BCUT2D eigenvalue weighted by Crippen LogP contribution is -2.63. The van der Waals surface area contributed by atoms with Crippen molar-refractivity contribution in [1.82, 2.24) is 40.4 Å². The molecule has 7 amide bonds. The van der Waals surface area contributed by atoms with Gasteiger partial charge in [0.1, 0.15) is 42.9 Å². The van der Waals surface area contributed by atoms with E-state index >= 15 is 0 Å². The molecule has 2 aromatic rings. The van der Waals surface area contributed by atoms with Crippen molar-refractivity contribution in [3.63, 3.8) is 0 Å². The van der Waals surface area contributed by atoms with Crippen LogP contribution in [0.2, 0.25) is 0 Å². The molecule has 1 aromatic carbocycles. The summed E-state index contributed by atoms with van der Waals surface area (Å²) in [7, 11) is 1.69. The molecule has 0 spiro atoms. The fraction of sp³-hybridized carbons (Fsp3) is 0.579. The number of rotatable bonds is 6. The first-order chi connectivity index (χ1) is 26.4. The van der Waals surface area contributed by atoms with E-state index in [4.69, 9.17) is 4.74 Å². The summed E-state index contributed by atoms with van der Waals surface area (Å²) in [6, 6.07) is 3.56. The number of ether oxygens (including phenoxy) is 1. The first kappa shape index (κ1) is 39.2. The molecule has 4 aliphatic heterocycles. The van der Waals surface area contributed by atoms with Crippen LogP contribution in [-0.4, -0.2) is 129 Å². The summed E-state index contributed by atoms with van der Waals surface area (Å²) in [5, 5.41) is 15.0. The molecule has 7 atom stereocenters. The Kier molecular flexibility index (Phi) is 12.4. The number of hydrogen-bond donors (Lipinski definition) is 4. The lowest BCUT2D eigenvalue weighted by Gasteiger charge is -2.42. The van der Waals surface area contributed by atoms with Gasteiger partial charge in [-0.2, -0.15) is 5.10 Å². The highest BCUT2D eigenvalue weighted by atomic mass is 16.5. The summed E-state index contributed by atoms with van der Waals surface area (Å²) in [6.45, 7) is 3.66. The summed E-state index contributed by atoms with van der Waals surface area (Å²) in [5.41, 5.74) is 0.729. The maximum atomic E-state index is 14.6. The Morgan fingerprint density at radius 2 is 1.56 bits per heavy atom. The summed E-state index contributed by atoms with van der Waals surface area (Å²) in [6.07, 6.45) is 5.40. The highest BCUT2D eigenvalue weighted by Gasteiger charge is 2.45. The number of nitrogens with zero attached hydrogens (tertiary/aromatic N) is 5. The number of carbonyl (C=O) groups excluding carboxylic acids is 7. The number of cyclic esters (lactones) is 1. The number of nitrogens with one attached hydrogen (secondary N) is 4. The average molecular weight is 762 g/mol. The van der Waals surface area contributed by atoms with Gasteiger partial charge in [0.15, 0.2) is 5.82 Å². The van der Waals surface area contributed by atoms with Crippen molar-refractivity contribution in [2.45, 2.75) is 101 Å². The summed E-state index contributed by atoms with van der Waals surface area (Å²) >= 11 is 0. The number of piperidine rings is 2. The van der Waals surface area contributed by atoms with Crippen molar-refractivity contribution in [2.24, 2.45) is 13.0 Å². The summed E-state index contributed by atoms with van der Waals surface area (Å²) in [5.74, 6) is -3.22. The Morgan fingerprint density at radius 1 is 0.873 bits per heavy atom. The van der Waals surface area contributed by atoms with Crippen LogP contribution in [0.4, 0.5) is 10.6 Å². The first-order valence-electron chi connectivity index (χ1n) is 19.2. The predicted octanol–water partition coefficient (Wildman–Crippen LogP) is 0.698. The summed E-state index contributed by atoms with van der Waals surface area (Å²) < 4.78 is 7.27. The Morgan fingerprint density at radius 3 is 2.25 bits per heavy atom. The zero-order valence-electron chi connectivity index (χ0n) is 31.6. The van der Waals surface area contributed by atoms with Gasteiger partial charge >= 0.3 is 12.0 Å². The molecule has 4 fully saturated rings. The summed E-state index contributed by atoms with van der Waals surface area (Å²) in [4.78, 5) is 102. The van der Waals surface area contributed by atoms with E-state index < -0.39 is 78.5 Å². The van der Waals surface area contributed by atoms with Crippen molar-refractivity contribution in [3.8, 4) is 0 Å². The molecule has 1 aromatic heterocycles. The second-order valence-electron chi connectivity index (χ2n) is 15.1. The van der Waals surface area contributed by atoms with E-state index in [0.717, 1.165) is 5.56 Å². The normalized spacial score (nSPS) is 27.3. The quantitative estimate of drug-likeness (QED) is 0.306. The van der Waals surface area contributed by atoms with Gasteiger partial charge in [-0.05, 0) is 63.4 Å². The largest absolute Gasteiger partial charge is 0.461 e. The molecule has 0 bridgehead atoms. The van der Waals surface area contributed by atoms with Gasteiger partial charge in [-0.3, -0.25) is 34.0 Å². The van der Waals surface area contributed by atoms with Gasteiger partial charge in [0.25, 0.3) is 0 Å². The zero-order chi connectivity index (χ0) is 39.2. The number of amides is 7. The minimum atomic E-state index is -1.45. The maximum Gasteiger partial charge on any atom is 0.328 e. The topological polar surface area (TPSA) is 204 Å². The third-order valence-electron chi connectivity index (χ3n) is 10.8. The van der Waals surface area contributed by atoms with Crippen molar-refractivity contribution in [3.05, 3.63) is 48.2 Å². The Labute approximate surface area is 319 Å². The molecule has 0 aliphatic carbocycles. The van der Waals surface area contributed by atoms with E-state index in [1.54, 1.807) is 50.5 Å². The minimum Gasteiger partial charge on any atom is -0.461 e. The molecule has 5 heterocycles. The van der Waals surface area contributed by atoms with Gasteiger partial charge in [0, 0.05) is 45.4 Å². The van der Waals surface area contributed by atoms with Gasteiger partial charge < -0.3 is 35.4 Å². The fourth-order valence-electron chi connectivity index (χ4n) is 8.00. The predicted molar refractivity (Wildman–Crippen MR) is 198 cm³/mol. The number of aromatic nitrogens is 2. The molecule has 0 radical (unpaired) electrons. The molecular formula is C38H51N9O8. The molecule has 296 valence electrons. The number of urea groups is 1. The molecule has 4 saturated heterocycles. The SMILES string of the molecule is C[C@@H]1C[C@H]2C(=O)OC[C@H](NC(=O)[C@H](Cc3ccccc3)NC(=O)Nc3ccn(C)n3)C(=O)N3CCCC[C@H]3C(=O)N3CCCC[C@H]3C(=O)N[C@@H](C)C(=O)N2C1. The Hall–Kier alpha value is -5.48. The van der Waals surface area contributed by atoms with Crippen LogP contribution in [0.5, 0.6) is 0 Å². The van der Waals surface area contributed by atoms with E-state index in [0.29, 0.717) is 51.5 Å². The van der Waals surface area contributed by atoms with Crippen LogP contribution in [-0.2, 0) is 47.0 Å². The second kappa shape index (κ2) is 17.3. The van der Waals surface area contributed by atoms with Gasteiger partial charge in [0.2, 0.25) is 29.5 Å². The molecule has 4 aliphatic rings. The molecule has 55 heavy (non-hydrogen) atoms. The molecule has 4 N–H and O–H groups in total. The minimum absolute atomic E-state index is 0.0498. The smallest absolute Gasteiger partial charge is 0.328 e. The Bertz CT molecular complexity index is 1770. The number of hydrogen-bond acceptors (Lipinski definition) is 9. The van der Waals surface area contributed by atoms with E-state index in [-0.39, 0.29) is 37.2 Å².